The van der Waals surface area contributed by atoms with Gasteiger partial charge in [0.05, 0.1) is 5.69 Å². The van der Waals surface area contributed by atoms with Crippen molar-refractivity contribution in [3.05, 3.63) is 72.4 Å². The first kappa shape index (κ1) is 17.7. The first-order valence-corrected chi connectivity index (χ1v) is 8.70. The Kier molecular flexibility index (Phi) is 5.69. The molecular formula is C21H23N3O2. The Morgan fingerprint density at radius 2 is 1.85 bits per heavy atom. The van der Waals surface area contributed by atoms with Crippen LogP contribution in [0.1, 0.15) is 12.5 Å². The van der Waals surface area contributed by atoms with Crippen LogP contribution in [0.4, 0.5) is 0 Å². The molecule has 1 heterocycles. The largest absolute Gasteiger partial charge is 0.481 e. The van der Waals surface area contributed by atoms with E-state index in [0.29, 0.717) is 12.3 Å². The molecule has 3 rings (SSSR count). The molecule has 0 fully saturated rings. The van der Waals surface area contributed by atoms with Gasteiger partial charge in [-0.3, -0.25) is 9.48 Å². The molecule has 1 amide bonds. The lowest BCUT2D eigenvalue weighted by Gasteiger charge is -2.14. The SMILES string of the molecule is CC(Oc1ccccc1)C(=O)NCCc1ccc(-c2ccnn2C)cc1. The lowest BCUT2D eigenvalue weighted by molar-refractivity contribution is -0.127. The molecule has 0 saturated carbocycles. The van der Waals surface area contributed by atoms with Crippen LogP contribution in [0.3, 0.4) is 0 Å². The van der Waals surface area contributed by atoms with Crippen LogP contribution in [0.15, 0.2) is 66.9 Å². The van der Waals surface area contributed by atoms with Crippen molar-refractivity contribution in [3.8, 4) is 17.0 Å². The molecule has 1 atom stereocenters. The van der Waals surface area contributed by atoms with Crippen molar-refractivity contribution in [2.24, 2.45) is 7.05 Å². The molecule has 0 spiro atoms. The van der Waals surface area contributed by atoms with Gasteiger partial charge in [-0.2, -0.15) is 5.10 Å². The zero-order valence-corrected chi connectivity index (χ0v) is 15.1. The molecular weight excluding hydrogens is 326 g/mol. The molecule has 134 valence electrons. The van der Waals surface area contributed by atoms with Gasteiger partial charge < -0.3 is 10.1 Å². The number of carbonyl (C=O) groups is 1. The Bertz CT molecular complexity index is 841. The third-order valence-electron chi connectivity index (χ3n) is 4.21. The minimum absolute atomic E-state index is 0.111. The van der Waals surface area contributed by atoms with Crippen molar-refractivity contribution in [2.45, 2.75) is 19.4 Å². The fourth-order valence-corrected chi connectivity index (χ4v) is 2.73. The first-order valence-electron chi connectivity index (χ1n) is 8.70. The molecule has 5 heteroatoms. The van der Waals surface area contributed by atoms with Gasteiger partial charge in [0, 0.05) is 19.8 Å². The Morgan fingerprint density at radius 1 is 1.12 bits per heavy atom. The minimum atomic E-state index is -0.524. The lowest BCUT2D eigenvalue weighted by atomic mass is 10.1. The summed E-state index contributed by atoms with van der Waals surface area (Å²) in [5.74, 6) is 0.585. The van der Waals surface area contributed by atoms with E-state index in [1.54, 1.807) is 13.1 Å². The lowest BCUT2D eigenvalue weighted by Crippen LogP contribution is -2.37. The van der Waals surface area contributed by atoms with Gasteiger partial charge in [0.25, 0.3) is 5.91 Å². The third-order valence-corrected chi connectivity index (χ3v) is 4.21. The average molecular weight is 349 g/mol. The number of nitrogens with one attached hydrogen (secondary N) is 1. The van der Waals surface area contributed by atoms with Crippen LogP contribution >= 0.6 is 0 Å². The second-order valence-electron chi connectivity index (χ2n) is 6.15. The molecule has 1 aromatic heterocycles. The van der Waals surface area contributed by atoms with Crippen LogP contribution < -0.4 is 10.1 Å². The molecule has 5 nitrogen and oxygen atoms in total. The Labute approximate surface area is 153 Å². The van der Waals surface area contributed by atoms with Gasteiger partial charge in [0.1, 0.15) is 5.75 Å². The summed E-state index contributed by atoms with van der Waals surface area (Å²) in [7, 11) is 1.93. The van der Waals surface area contributed by atoms with Crippen LogP contribution in [-0.2, 0) is 18.3 Å². The molecule has 1 unspecified atom stereocenters. The summed E-state index contributed by atoms with van der Waals surface area (Å²) in [6.45, 7) is 2.33. The summed E-state index contributed by atoms with van der Waals surface area (Å²) < 4.78 is 7.48. The summed E-state index contributed by atoms with van der Waals surface area (Å²) in [5.41, 5.74) is 3.38. The molecule has 0 bridgehead atoms. The molecule has 3 aromatic rings. The fourth-order valence-electron chi connectivity index (χ4n) is 2.73. The number of carbonyl (C=O) groups excluding carboxylic acids is 1. The molecule has 2 aromatic carbocycles. The van der Waals surface area contributed by atoms with Crippen LogP contribution in [-0.4, -0.2) is 28.3 Å². The average Bonchev–Trinajstić information content (AvgIpc) is 3.09. The number of benzene rings is 2. The van der Waals surface area contributed by atoms with Crippen molar-refractivity contribution < 1.29 is 9.53 Å². The highest BCUT2D eigenvalue weighted by atomic mass is 16.5. The van der Waals surface area contributed by atoms with Gasteiger partial charge in [-0.1, -0.05) is 42.5 Å². The van der Waals surface area contributed by atoms with Gasteiger partial charge in [0.2, 0.25) is 0 Å². The van der Waals surface area contributed by atoms with Gasteiger partial charge >= 0.3 is 0 Å². The highest BCUT2D eigenvalue weighted by molar-refractivity contribution is 5.80. The number of nitrogens with zero attached hydrogens (tertiary/aromatic N) is 2. The molecule has 0 aliphatic rings. The predicted molar refractivity (Wildman–Crippen MR) is 102 cm³/mol. The molecule has 0 radical (unpaired) electrons. The van der Waals surface area contributed by atoms with Gasteiger partial charge in [-0.25, -0.2) is 0 Å². The monoisotopic (exact) mass is 349 g/mol. The Morgan fingerprint density at radius 3 is 2.50 bits per heavy atom. The molecule has 1 N–H and O–H groups in total. The van der Waals surface area contributed by atoms with E-state index in [1.165, 1.54) is 5.56 Å². The van der Waals surface area contributed by atoms with Crippen molar-refractivity contribution in [2.75, 3.05) is 6.54 Å². The van der Waals surface area contributed by atoms with Crippen molar-refractivity contribution in [1.29, 1.82) is 0 Å². The quantitative estimate of drug-likeness (QED) is 0.713. The van der Waals surface area contributed by atoms with E-state index in [2.05, 4.69) is 34.7 Å². The van der Waals surface area contributed by atoms with Crippen LogP contribution in [0.2, 0.25) is 0 Å². The van der Waals surface area contributed by atoms with Crippen molar-refractivity contribution in [1.82, 2.24) is 15.1 Å². The van der Waals surface area contributed by atoms with Crippen LogP contribution in [0.5, 0.6) is 5.75 Å². The number of rotatable bonds is 7. The minimum Gasteiger partial charge on any atom is -0.481 e. The summed E-state index contributed by atoms with van der Waals surface area (Å²) in [4.78, 5) is 12.1. The number of hydrogen-bond donors (Lipinski definition) is 1. The van der Waals surface area contributed by atoms with Crippen molar-refractivity contribution >= 4 is 5.91 Å². The highest BCUT2D eigenvalue weighted by Gasteiger charge is 2.13. The third kappa shape index (κ3) is 4.51. The van der Waals surface area contributed by atoms with E-state index in [9.17, 15) is 4.79 Å². The molecule has 0 aliphatic heterocycles. The van der Waals surface area contributed by atoms with E-state index in [1.807, 2.05) is 48.1 Å². The number of para-hydroxylation sites is 1. The van der Waals surface area contributed by atoms with Crippen molar-refractivity contribution in [3.63, 3.8) is 0 Å². The van der Waals surface area contributed by atoms with Crippen LogP contribution in [0.25, 0.3) is 11.3 Å². The van der Waals surface area contributed by atoms with Gasteiger partial charge in [-0.05, 0) is 42.7 Å². The summed E-state index contributed by atoms with van der Waals surface area (Å²) in [5, 5.41) is 7.11. The molecule has 0 aliphatic carbocycles. The zero-order chi connectivity index (χ0) is 18.4. The molecule has 0 saturated heterocycles. The number of ether oxygens (including phenoxy) is 1. The van der Waals surface area contributed by atoms with Gasteiger partial charge in [-0.15, -0.1) is 0 Å². The number of aromatic nitrogens is 2. The normalized spacial score (nSPS) is 11.8. The van der Waals surface area contributed by atoms with E-state index >= 15 is 0 Å². The standard InChI is InChI=1S/C21H23N3O2/c1-16(26-19-6-4-3-5-7-19)21(25)22-14-12-17-8-10-18(11-9-17)20-13-15-23-24(20)2/h3-11,13,15-16H,12,14H2,1-2H3,(H,22,25). The van der Waals surface area contributed by atoms with Crippen LogP contribution in [0, 0.1) is 0 Å². The van der Waals surface area contributed by atoms with E-state index < -0.39 is 6.10 Å². The predicted octanol–water partition coefficient (Wildman–Crippen LogP) is 3.21. The maximum atomic E-state index is 12.1. The first-order chi connectivity index (χ1) is 12.6. The topological polar surface area (TPSA) is 56.1 Å². The maximum absolute atomic E-state index is 12.1. The van der Waals surface area contributed by atoms with E-state index in [4.69, 9.17) is 4.74 Å². The van der Waals surface area contributed by atoms with Gasteiger partial charge in [0.15, 0.2) is 6.10 Å². The summed E-state index contributed by atoms with van der Waals surface area (Å²) >= 11 is 0. The van der Waals surface area contributed by atoms with E-state index in [0.717, 1.165) is 17.7 Å². The van der Waals surface area contributed by atoms with E-state index in [-0.39, 0.29) is 5.91 Å². The smallest absolute Gasteiger partial charge is 0.260 e. The summed E-state index contributed by atoms with van der Waals surface area (Å²) in [6.07, 6.45) is 2.04. The fraction of sp³-hybridized carbons (Fsp3) is 0.238. The number of amides is 1. The zero-order valence-electron chi connectivity index (χ0n) is 15.1. The highest BCUT2D eigenvalue weighted by Crippen LogP contribution is 2.18. The Hall–Kier alpha value is -3.08. The Balaban J connectivity index is 1.47. The second kappa shape index (κ2) is 8.34. The maximum Gasteiger partial charge on any atom is 0.260 e. The summed E-state index contributed by atoms with van der Waals surface area (Å²) in [6, 6.07) is 19.7. The second-order valence-corrected chi connectivity index (χ2v) is 6.15. The molecule has 26 heavy (non-hydrogen) atoms. The number of aryl methyl sites for hydroxylation is 1. The number of hydrogen-bond acceptors (Lipinski definition) is 3.